The molecule has 0 atom stereocenters. The molecule has 0 aromatic heterocycles. The van der Waals surface area contributed by atoms with Gasteiger partial charge in [-0.3, -0.25) is 0 Å². The van der Waals surface area contributed by atoms with Crippen LogP contribution in [0.25, 0.3) is 32.3 Å². The third-order valence-corrected chi connectivity index (χ3v) is 7.79. The molecule has 0 amide bonds. The third-order valence-electron chi connectivity index (χ3n) is 6.15. The first-order chi connectivity index (χ1) is 15.0. The van der Waals surface area contributed by atoms with Crippen molar-refractivity contribution in [1.82, 2.24) is 0 Å². The van der Waals surface area contributed by atoms with Crippen molar-refractivity contribution in [3.05, 3.63) is 113 Å². The Balaban J connectivity index is 0.000000151. The number of hydrogen-bond donors (Lipinski definition) is 0. The second-order valence-electron chi connectivity index (χ2n) is 8.66. The minimum absolute atomic E-state index is 0. The molecule has 32 heavy (non-hydrogen) atoms. The molecule has 2 heteroatoms. The molecule has 6 rings (SSSR count). The van der Waals surface area contributed by atoms with Crippen molar-refractivity contribution in [3.8, 4) is 0 Å². The van der Waals surface area contributed by atoms with Gasteiger partial charge in [0.05, 0.1) is 0 Å². The number of benzene rings is 4. The number of aryl methyl sites for hydroxylation is 1. The molecule has 152 valence electrons. The molecular formula is C30H26MgSi. The van der Waals surface area contributed by atoms with Crippen molar-refractivity contribution in [3.63, 3.8) is 0 Å². The number of allylic oxidation sites excluding steroid dienone is 1. The van der Waals surface area contributed by atoms with Gasteiger partial charge in [-0.05, 0) is 8.41 Å². The first kappa shape index (κ1) is 22.8. The van der Waals surface area contributed by atoms with E-state index in [4.69, 9.17) is 0 Å². The zero-order chi connectivity index (χ0) is 21.5. The van der Waals surface area contributed by atoms with Gasteiger partial charge < -0.3 is 0 Å². The third kappa shape index (κ3) is 4.03. The normalized spacial score (nSPS) is 12.2. The maximum absolute atomic E-state index is 3.58. The fourth-order valence-corrected chi connectivity index (χ4v) is 6.38. The van der Waals surface area contributed by atoms with Crippen LogP contribution in [0.1, 0.15) is 23.6 Å². The minimum atomic E-state index is -0.423. The van der Waals surface area contributed by atoms with E-state index in [1.807, 2.05) is 0 Å². The van der Waals surface area contributed by atoms with E-state index in [0.29, 0.717) is 0 Å². The van der Waals surface area contributed by atoms with E-state index in [-0.39, 0.29) is 23.1 Å². The van der Waals surface area contributed by atoms with Crippen LogP contribution in [0.5, 0.6) is 0 Å². The van der Waals surface area contributed by atoms with E-state index in [1.165, 1.54) is 54.6 Å². The standard InChI is InChI=1S/C16H15Si.C14H11.Mg/c1-11-10-15-13-7-5-4-6-12(13)8-9-14(15)16(11)17(2)3;1-10-8-12-7-6-11-4-2-3-5-13(11)14(12)9-10;/h4-9H,1-3H3;2-9H,1H3;/q2*-1;+2. The van der Waals surface area contributed by atoms with Gasteiger partial charge in [-0.25, -0.2) is 0 Å². The Morgan fingerprint density at radius 1 is 0.719 bits per heavy atom. The van der Waals surface area contributed by atoms with Crippen LogP contribution in [0.2, 0.25) is 13.1 Å². The van der Waals surface area contributed by atoms with Gasteiger partial charge in [0.1, 0.15) is 0 Å². The van der Waals surface area contributed by atoms with Crippen LogP contribution in [0.3, 0.4) is 0 Å². The molecule has 5 aromatic carbocycles. The Labute approximate surface area is 208 Å². The van der Waals surface area contributed by atoms with Crippen molar-refractivity contribution in [2.75, 3.05) is 0 Å². The summed E-state index contributed by atoms with van der Waals surface area (Å²) in [6, 6.07) is 30.5. The Morgan fingerprint density at radius 3 is 2.03 bits per heavy atom. The molecule has 5 aromatic rings. The van der Waals surface area contributed by atoms with E-state index in [0.717, 1.165) is 0 Å². The topological polar surface area (TPSA) is 0 Å². The summed E-state index contributed by atoms with van der Waals surface area (Å²) in [7, 11) is -0.423. The summed E-state index contributed by atoms with van der Waals surface area (Å²) in [5, 5.41) is 9.61. The van der Waals surface area contributed by atoms with Gasteiger partial charge in [0.25, 0.3) is 0 Å². The van der Waals surface area contributed by atoms with Crippen molar-refractivity contribution >= 4 is 68.9 Å². The summed E-state index contributed by atoms with van der Waals surface area (Å²) < 4.78 is 0. The van der Waals surface area contributed by atoms with Gasteiger partial charge in [0.15, 0.2) is 0 Å². The van der Waals surface area contributed by atoms with Crippen molar-refractivity contribution in [1.29, 1.82) is 0 Å². The smallest absolute Gasteiger partial charge is 0.165 e. The largest absolute Gasteiger partial charge is 2.00 e. The van der Waals surface area contributed by atoms with E-state index in [1.54, 1.807) is 5.17 Å². The molecule has 0 heterocycles. The Morgan fingerprint density at radius 2 is 1.31 bits per heavy atom. The monoisotopic (exact) mass is 438 g/mol. The van der Waals surface area contributed by atoms with Crippen LogP contribution < -0.4 is 0 Å². The summed E-state index contributed by atoms with van der Waals surface area (Å²) in [6.07, 6.45) is 3.58. The van der Waals surface area contributed by atoms with E-state index < -0.39 is 8.41 Å². The van der Waals surface area contributed by atoms with Gasteiger partial charge in [-0.15, -0.1) is 62.5 Å². The quantitative estimate of drug-likeness (QED) is 0.174. The van der Waals surface area contributed by atoms with E-state index in [2.05, 4.69) is 118 Å². The van der Waals surface area contributed by atoms with Gasteiger partial charge in [-0.1, -0.05) is 109 Å². The van der Waals surface area contributed by atoms with Gasteiger partial charge in [-0.2, -0.15) is 6.07 Å². The number of rotatable bonds is 0. The fourth-order valence-electron chi connectivity index (χ4n) is 4.82. The minimum Gasteiger partial charge on any atom is -0.165 e. The second kappa shape index (κ2) is 9.23. The molecule has 0 radical (unpaired) electrons. The molecule has 1 aliphatic rings. The Hall–Kier alpha value is -2.40. The van der Waals surface area contributed by atoms with Crippen LogP contribution in [0, 0.1) is 13.0 Å². The molecule has 0 fully saturated rings. The first-order valence-corrected chi connectivity index (χ1v) is 13.4. The molecule has 0 bridgehead atoms. The molecule has 0 saturated carbocycles. The Bertz CT molecular complexity index is 1510. The number of hydrogen-bond acceptors (Lipinski definition) is 0. The summed E-state index contributed by atoms with van der Waals surface area (Å²) >= 11 is 0. The van der Waals surface area contributed by atoms with Crippen LogP contribution >= 0.6 is 0 Å². The summed E-state index contributed by atoms with van der Waals surface area (Å²) in [5.74, 6) is 0. The second-order valence-corrected chi connectivity index (χ2v) is 11.2. The predicted molar refractivity (Wildman–Crippen MR) is 145 cm³/mol. The van der Waals surface area contributed by atoms with E-state index in [9.17, 15) is 0 Å². The molecular weight excluding hydrogens is 413 g/mol. The molecule has 1 aliphatic carbocycles. The van der Waals surface area contributed by atoms with Crippen LogP contribution in [0.4, 0.5) is 0 Å². The van der Waals surface area contributed by atoms with Gasteiger partial charge in [0.2, 0.25) is 0 Å². The molecule has 0 N–H and O–H groups in total. The molecule has 0 spiro atoms. The molecule has 0 nitrogen and oxygen atoms in total. The van der Waals surface area contributed by atoms with Crippen LogP contribution in [-0.4, -0.2) is 36.6 Å². The van der Waals surface area contributed by atoms with Gasteiger partial charge >= 0.3 is 23.1 Å². The predicted octanol–water partition coefficient (Wildman–Crippen LogP) is 7.45. The van der Waals surface area contributed by atoms with Crippen LogP contribution in [-0.2, 0) is 0 Å². The summed E-state index contributed by atoms with van der Waals surface area (Å²) in [6.45, 7) is 9.06. The maximum atomic E-state index is 3.58. The number of fused-ring (bicyclic) bond motifs is 6. The van der Waals surface area contributed by atoms with Crippen molar-refractivity contribution in [2.45, 2.75) is 26.9 Å². The molecule has 0 saturated heterocycles. The zero-order valence-electron chi connectivity index (χ0n) is 19.3. The van der Waals surface area contributed by atoms with Gasteiger partial charge in [0, 0.05) is 0 Å². The fraction of sp³-hybridized carbons (Fsp3) is 0.133. The maximum Gasteiger partial charge on any atom is 2.00 e. The molecule has 0 unspecified atom stereocenters. The van der Waals surface area contributed by atoms with Crippen LogP contribution in [0.15, 0.2) is 90.5 Å². The van der Waals surface area contributed by atoms with Crippen molar-refractivity contribution in [2.24, 2.45) is 0 Å². The summed E-state index contributed by atoms with van der Waals surface area (Å²) in [4.78, 5) is 0. The molecule has 0 aliphatic heterocycles. The van der Waals surface area contributed by atoms with E-state index >= 15 is 0 Å². The average Bonchev–Trinajstić information content (AvgIpc) is 3.33. The average molecular weight is 439 g/mol. The first-order valence-electron chi connectivity index (χ1n) is 10.9. The summed E-state index contributed by atoms with van der Waals surface area (Å²) in [5.41, 5.74) is 5.41. The zero-order valence-corrected chi connectivity index (χ0v) is 21.7. The van der Waals surface area contributed by atoms with Crippen molar-refractivity contribution < 1.29 is 0 Å². The Kier molecular flexibility index (Phi) is 6.57. The SMILES string of the molecule is CC1=[C-]c2c(ccc3ccccc23)C1=[Si](C)C.Cc1cc2ccc3ccccc3c2[cH-]1.[Mg+2].